The van der Waals surface area contributed by atoms with Gasteiger partial charge in [-0.25, -0.2) is 0 Å². The van der Waals surface area contributed by atoms with Gasteiger partial charge in [0.1, 0.15) is 5.75 Å². The molecule has 1 N–H and O–H groups in total. The van der Waals surface area contributed by atoms with Crippen LogP contribution in [-0.2, 0) is 0 Å². The number of halogens is 1. The van der Waals surface area contributed by atoms with Crippen LogP contribution < -0.4 is 10.1 Å². The fourth-order valence-electron chi connectivity index (χ4n) is 2.53. The van der Waals surface area contributed by atoms with Crippen LogP contribution in [0.2, 0.25) is 0 Å². The minimum atomic E-state index is -0.0438. The molecule has 2 rings (SSSR count). The SMILES string of the molecule is COc1ccc(Br)cc1C(=O)NC1CCC(C)CC1. The largest absolute Gasteiger partial charge is 0.496 e. The number of carbonyl (C=O) groups is 1. The van der Waals surface area contributed by atoms with Gasteiger partial charge in [-0.1, -0.05) is 22.9 Å². The second-order valence-electron chi connectivity index (χ2n) is 5.27. The number of carbonyl (C=O) groups excluding carboxylic acids is 1. The third-order valence-electron chi connectivity index (χ3n) is 3.76. The van der Waals surface area contributed by atoms with Crippen molar-refractivity contribution in [3.8, 4) is 5.75 Å². The first-order chi connectivity index (χ1) is 9.10. The molecule has 0 atom stereocenters. The van der Waals surface area contributed by atoms with E-state index in [1.165, 1.54) is 12.8 Å². The summed E-state index contributed by atoms with van der Waals surface area (Å²) in [7, 11) is 1.59. The summed E-state index contributed by atoms with van der Waals surface area (Å²) in [6.07, 6.45) is 4.54. The molecule has 1 aliphatic carbocycles. The molecular formula is C15H20BrNO2. The first kappa shape index (κ1) is 14.4. The number of hydrogen-bond donors (Lipinski definition) is 1. The van der Waals surface area contributed by atoms with Gasteiger partial charge in [0.2, 0.25) is 0 Å². The Balaban J connectivity index is 2.05. The molecule has 1 saturated carbocycles. The molecule has 4 heteroatoms. The number of hydrogen-bond acceptors (Lipinski definition) is 2. The maximum Gasteiger partial charge on any atom is 0.255 e. The number of amides is 1. The van der Waals surface area contributed by atoms with Crippen molar-refractivity contribution in [3.05, 3.63) is 28.2 Å². The third-order valence-corrected chi connectivity index (χ3v) is 4.25. The molecule has 1 aromatic carbocycles. The van der Waals surface area contributed by atoms with E-state index in [2.05, 4.69) is 28.2 Å². The monoisotopic (exact) mass is 325 g/mol. The highest BCUT2D eigenvalue weighted by molar-refractivity contribution is 9.10. The Morgan fingerprint density at radius 2 is 2.00 bits per heavy atom. The number of rotatable bonds is 3. The molecule has 0 unspecified atom stereocenters. The molecule has 1 amide bonds. The fraction of sp³-hybridized carbons (Fsp3) is 0.533. The highest BCUT2D eigenvalue weighted by atomic mass is 79.9. The van der Waals surface area contributed by atoms with E-state index in [4.69, 9.17) is 4.74 Å². The van der Waals surface area contributed by atoms with Crippen LogP contribution >= 0.6 is 15.9 Å². The summed E-state index contributed by atoms with van der Waals surface area (Å²) in [5.74, 6) is 1.36. The van der Waals surface area contributed by atoms with E-state index in [9.17, 15) is 4.79 Å². The first-order valence-electron chi connectivity index (χ1n) is 6.74. The Hall–Kier alpha value is -1.03. The van der Waals surface area contributed by atoms with Gasteiger partial charge in [0, 0.05) is 10.5 Å². The molecule has 0 spiro atoms. The molecule has 1 aliphatic rings. The van der Waals surface area contributed by atoms with Crippen molar-refractivity contribution in [2.75, 3.05) is 7.11 Å². The molecular weight excluding hydrogens is 306 g/mol. The summed E-state index contributed by atoms with van der Waals surface area (Å²) in [5, 5.41) is 3.12. The summed E-state index contributed by atoms with van der Waals surface area (Å²) in [4.78, 5) is 12.3. The summed E-state index contributed by atoms with van der Waals surface area (Å²) in [5.41, 5.74) is 0.593. The van der Waals surface area contributed by atoms with Gasteiger partial charge in [-0.3, -0.25) is 4.79 Å². The lowest BCUT2D eigenvalue weighted by atomic mass is 9.87. The molecule has 3 nitrogen and oxygen atoms in total. The highest BCUT2D eigenvalue weighted by Gasteiger charge is 2.21. The van der Waals surface area contributed by atoms with Gasteiger partial charge in [0.05, 0.1) is 12.7 Å². The Morgan fingerprint density at radius 1 is 1.32 bits per heavy atom. The van der Waals surface area contributed by atoms with E-state index in [0.717, 1.165) is 23.2 Å². The molecule has 0 bridgehead atoms. The lowest BCUT2D eigenvalue weighted by Gasteiger charge is -2.27. The van der Waals surface area contributed by atoms with Gasteiger partial charge in [-0.05, 0) is 49.8 Å². The Labute approximate surface area is 122 Å². The molecule has 104 valence electrons. The number of methoxy groups -OCH3 is 1. The van der Waals surface area contributed by atoms with Crippen LogP contribution in [0.25, 0.3) is 0 Å². The van der Waals surface area contributed by atoms with Crippen LogP contribution in [0.1, 0.15) is 43.0 Å². The van der Waals surface area contributed by atoms with Crippen molar-refractivity contribution in [1.82, 2.24) is 5.32 Å². The van der Waals surface area contributed by atoms with Gasteiger partial charge in [-0.2, -0.15) is 0 Å². The number of ether oxygens (including phenoxy) is 1. The summed E-state index contributed by atoms with van der Waals surface area (Å²) >= 11 is 3.39. The van der Waals surface area contributed by atoms with Crippen molar-refractivity contribution < 1.29 is 9.53 Å². The average molecular weight is 326 g/mol. The van der Waals surface area contributed by atoms with Crippen LogP contribution in [0.5, 0.6) is 5.75 Å². The normalized spacial score (nSPS) is 22.9. The standard InChI is InChI=1S/C15H20BrNO2/c1-10-3-6-12(7-4-10)17-15(18)13-9-11(16)5-8-14(13)19-2/h5,8-10,12H,3-4,6-7H2,1-2H3,(H,17,18). The van der Waals surface area contributed by atoms with Gasteiger partial charge in [0.25, 0.3) is 5.91 Å². The molecule has 0 radical (unpaired) electrons. The topological polar surface area (TPSA) is 38.3 Å². The quantitative estimate of drug-likeness (QED) is 0.918. The van der Waals surface area contributed by atoms with E-state index >= 15 is 0 Å². The van der Waals surface area contributed by atoms with Crippen molar-refractivity contribution in [2.24, 2.45) is 5.92 Å². The van der Waals surface area contributed by atoms with Crippen LogP contribution in [0.4, 0.5) is 0 Å². The maximum absolute atomic E-state index is 12.3. The minimum Gasteiger partial charge on any atom is -0.496 e. The second kappa shape index (κ2) is 6.42. The zero-order chi connectivity index (χ0) is 13.8. The molecule has 1 aromatic rings. The maximum atomic E-state index is 12.3. The zero-order valence-electron chi connectivity index (χ0n) is 11.4. The Bertz CT molecular complexity index is 453. The van der Waals surface area contributed by atoms with E-state index in [-0.39, 0.29) is 5.91 Å². The summed E-state index contributed by atoms with van der Waals surface area (Å²) in [6, 6.07) is 5.78. The highest BCUT2D eigenvalue weighted by Crippen LogP contribution is 2.26. The molecule has 0 aliphatic heterocycles. The van der Waals surface area contributed by atoms with Crippen molar-refractivity contribution in [1.29, 1.82) is 0 Å². The predicted molar refractivity (Wildman–Crippen MR) is 79.6 cm³/mol. The van der Waals surface area contributed by atoms with Gasteiger partial charge in [0.15, 0.2) is 0 Å². The van der Waals surface area contributed by atoms with Gasteiger partial charge < -0.3 is 10.1 Å². The van der Waals surface area contributed by atoms with E-state index in [1.807, 2.05) is 12.1 Å². The lowest BCUT2D eigenvalue weighted by Crippen LogP contribution is -2.37. The summed E-state index contributed by atoms with van der Waals surface area (Å²) < 4.78 is 6.13. The number of benzene rings is 1. The Morgan fingerprint density at radius 3 is 2.63 bits per heavy atom. The van der Waals surface area contributed by atoms with Crippen molar-refractivity contribution in [3.63, 3.8) is 0 Å². The molecule has 19 heavy (non-hydrogen) atoms. The first-order valence-corrected chi connectivity index (χ1v) is 7.54. The van der Waals surface area contributed by atoms with E-state index in [1.54, 1.807) is 13.2 Å². The zero-order valence-corrected chi connectivity index (χ0v) is 13.0. The lowest BCUT2D eigenvalue weighted by molar-refractivity contribution is 0.0920. The molecule has 0 heterocycles. The van der Waals surface area contributed by atoms with E-state index < -0.39 is 0 Å². The van der Waals surface area contributed by atoms with Crippen molar-refractivity contribution in [2.45, 2.75) is 38.6 Å². The predicted octanol–water partition coefficient (Wildman–Crippen LogP) is 3.77. The minimum absolute atomic E-state index is 0.0438. The summed E-state index contributed by atoms with van der Waals surface area (Å²) in [6.45, 7) is 2.27. The van der Waals surface area contributed by atoms with Gasteiger partial charge in [-0.15, -0.1) is 0 Å². The molecule has 0 aromatic heterocycles. The number of nitrogens with one attached hydrogen (secondary N) is 1. The smallest absolute Gasteiger partial charge is 0.255 e. The second-order valence-corrected chi connectivity index (χ2v) is 6.19. The van der Waals surface area contributed by atoms with E-state index in [0.29, 0.717) is 17.4 Å². The Kier molecular flexibility index (Phi) is 4.86. The molecule has 0 saturated heterocycles. The van der Waals surface area contributed by atoms with Gasteiger partial charge >= 0.3 is 0 Å². The molecule has 1 fully saturated rings. The van der Waals surface area contributed by atoms with Crippen LogP contribution in [0.3, 0.4) is 0 Å². The average Bonchev–Trinajstić information content (AvgIpc) is 2.41. The van der Waals surface area contributed by atoms with Crippen LogP contribution in [0.15, 0.2) is 22.7 Å². The third kappa shape index (κ3) is 3.72. The van der Waals surface area contributed by atoms with Crippen LogP contribution in [0, 0.1) is 5.92 Å². The van der Waals surface area contributed by atoms with Crippen molar-refractivity contribution >= 4 is 21.8 Å². The van der Waals surface area contributed by atoms with Crippen LogP contribution in [-0.4, -0.2) is 19.1 Å². The fourth-order valence-corrected chi connectivity index (χ4v) is 2.89.